The summed E-state index contributed by atoms with van der Waals surface area (Å²) in [6.45, 7) is 13.1. The van der Waals surface area contributed by atoms with Crippen LogP contribution in [0, 0.1) is 6.92 Å². The molecule has 0 atom stereocenters. The molecule has 0 fully saturated rings. The van der Waals surface area contributed by atoms with Crippen molar-refractivity contribution in [3.63, 3.8) is 0 Å². The normalized spacial score (nSPS) is 11.5. The van der Waals surface area contributed by atoms with Gasteiger partial charge in [0.05, 0.1) is 13.2 Å². The van der Waals surface area contributed by atoms with Gasteiger partial charge in [-0.25, -0.2) is 0 Å². The summed E-state index contributed by atoms with van der Waals surface area (Å²) < 4.78 is 5.74. The van der Waals surface area contributed by atoms with E-state index < -0.39 is 0 Å². The third kappa shape index (κ3) is 5.59. The zero-order valence-corrected chi connectivity index (χ0v) is 12.3. The highest BCUT2D eigenvalue weighted by atomic mass is 16.3. The van der Waals surface area contributed by atoms with Crippen molar-refractivity contribution >= 4 is 0 Å². The van der Waals surface area contributed by atoms with Crippen LogP contribution >= 0.6 is 0 Å². The lowest BCUT2D eigenvalue weighted by Crippen LogP contribution is -2.26. The molecule has 0 aliphatic carbocycles. The van der Waals surface area contributed by atoms with Crippen molar-refractivity contribution in [1.82, 2.24) is 10.2 Å². The molecular formula is C15H26N2O2. The predicted molar refractivity (Wildman–Crippen MR) is 78.0 cm³/mol. The van der Waals surface area contributed by atoms with Gasteiger partial charge < -0.3 is 14.8 Å². The Bertz CT molecular complexity index is 385. The maximum atomic E-state index is 9.05. The van der Waals surface area contributed by atoms with Crippen LogP contribution in [0.2, 0.25) is 0 Å². The molecule has 1 heterocycles. The summed E-state index contributed by atoms with van der Waals surface area (Å²) in [5.41, 5.74) is 1.18. The SMILES string of the molecule is C=CCN(CCO)Cc1cc(CNC(C)C)oc1C. The van der Waals surface area contributed by atoms with Crippen molar-refractivity contribution in [1.29, 1.82) is 0 Å². The van der Waals surface area contributed by atoms with Crippen LogP contribution in [-0.2, 0) is 13.1 Å². The maximum Gasteiger partial charge on any atom is 0.118 e. The molecule has 108 valence electrons. The van der Waals surface area contributed by atoms with Gasteiger partial charge in [0.1, 0.15) is 11.5 Å². The Morgan fingerprint density at radius 1 is 1.53 bits per heavy atom. The highest BCUT2D eigenvalue weighted by Crippen LogP contribution is 2.16. The van der Waals surface area contributed by atoms with Gasteiger partial charge >= 0.3 is 0 Å². The van der Waals surface area contributed by atoms with Crippen LogP contribution in [0.1, 0.15) is 30.9 Å². The molecule has 0 radical (unpaired) electrons. The first-order valence-corrected chi connectivity index (χ1v) is 6.82. The molecule has 1 aromatic rings. The van der Waals surface area contributed by atoms with Crippen LogP contribution < -0.4 is 5.32 Å². The number of aliphatic hydroxyl groups excluding tert-OH is 1. The molecule has 1 aromatic heterocycles. The fraction of sp³-hybridized carbons (Fsp3) is 0.600. The molecule has 0 saturated carbocycles. The van der Waals surface area contributed by atoms with Crippen molar-refractivity contribution < 1.29 is 9.52 Å². The number of aryl methyl sites for hydroxylation is 1. The monoisotopic (exact) mass is 266 g/mol. The third-order valence-corrected chi connectivity index (χ3v) is 2.95. The van der Waals surface area contributed by atoms with Crippen LogP contribution in [0.25, 0.3) is 0 Å². The predicted octanol–water partition coefficient (Wildman–Crippen LogP) is 2.07. The molecule has 0 aliphatic heterocycles. The van der Waals surface area contributed by atoms with Crippen molar-refractivity contribution in [2.45, 2.75) is 39.9 Å². The van der Waals surface area contributed by atoms with Crippen LogP contribution in [0.3, 0.4) is 0 Å². The van der Waals surface area contributed by atoms with E-state index in [1.807, 2.05) is 13.0 Å². The minimum absolute atomic E-state index is 0.159. The Kier molecular flexibility index (Phi) is 6.84. The van der Waals surface area contributed by atoms with E-state index in [9.17, 15) is 0 Å². The molecular weight excluding hydrogens is 240 g/mol. The van der Waals surface area contributed by atoms with E-state index in [-0.39, 0.29) is 6.61 Å². The Morgan fingerprint density at radius 2 is 2.26 bits per heavy atom. The van der Waals surface area contributed by atoms with E-state index in [0.717, 1.165) is 31.2 Å². The summed E-state index contributed by atoms with van der Waals surface area (Å²) in [5, 5.41) is 12.4. The molecule has 0 bridgehead atoms. The molecule has 0 spiro atoms. The number of rotatable bonds is 9. The Balaban J connectivity index is 2.63. The lowest BCUT2D eigenvalue weighted by Gasteiger charge is -2.18. The zero-order chi connectivity index (χ0) is 14.3. The molecule has 19 heavy (non-hydrogen) atoms. The van der Waals surface area contributed by atoms with E-state index in [1.54, 1.807) is 0 Å². The highest BCUT2D eigenvalue weighted by molar-refractivity contribution is 5.21. The summed E-state index contributed by atoms with van der Waals surface area (Å²) >= 11 is 0. The number of hydrogen-bond acceptors (Lipinski definition) is 4. The van der Waals surface area contributed by atoms with Crippen molar-refractivity contribution in [3.05, 3.63) is 35.8 Å². The Labute approximate surface area is 116 Å². The minimum Gasteiger partial charge on any atom is -0.465 e. The third-order valence-electron chi connectivity index (χ3n) is 2.95. The highest BCUT2D eigenvalue weighted by Gasteiger charge is 2.11. The van der Waals surface area contributed by atoms with Gasteiger partial charge in [0.15, 0.2) is 0 Å². The summed E-state index contributed by atoms with van der Waals surface area (Å²) in [6.07, 6.45) is 1.85. The van der Waals surface area contributed by atoms with Gasteiger partial charge in [-0.3, -0.25) is 4.90 Å². The summed E-state index contributed by atoms with van der Waals surface area (Å²) in [5.74, 6) is 1.91. The Morgan fingerprint density at radius 3 is 2.84 bits per heavy atom. The number of aliphatic hydroxyl groups is 1. The van der Waals surface area contributed by atoms with Crippen LogP contribution in [0.15, 0.2) is 23.1 Å². The molecule has 0 aliphatic rings. The number of nitrogens with zero attached hydrogens (tertiary/aromatic N) is 1. The van der Waals surface area contributed by atoms with Gasteiger partial charge in [0.2, 0.25) is 0 Å². The second-order valence-electron chi connectivity index (χ2n) is 5.08. The van der Waals surface area contributed by atoms with Gasteiger partial charge in [0, 0.05) is 31.2 Å². The van der Waals surface area contributed by atoms with Gasteiger partial charge in [-0.2, -0.15) is 0 Å². The van der Waals surface area contributed by atoms with Crippen LogP contribution in [0.5, 0.6) is 0 Å². The topological polar surface area (TPSA) is 48.6 Å². The molecule has 0 unspecified atom stereocenters. The van der Waals surface area contributed by atoms with E-state index in [0.29, 0.717) is 12.6 Å². The second-order valence-corrected chi connectivity index (χ2v) is 5.08. The number of nitrogens with one attached hydrogen (secondary N) is 1. The summed E-state index contributed by atoms with van der Waals surface area (Å²) in [4.78, 5) is 2.14. The largest absolute Gasteiger partial charge is 0.465 e. The van der Waals surface area contributed by atoms with E-state index in [4.69, 9.17) is 9.52 Å². The maximum absolute atomic E-state index is 9.05. The first kappa shape index (κ1) is 16.0. The fourth-order valence-electron chi connectivity index (χ4n) is 1.94. The molecule has 2 N–H and O–H groups in total. The lowest BCUT2D eigenvalue weighted by atomic mass is 10.2. The quantitative estimate of drug-likeness (QED) is 0.672. The summed E-state index contributed by atoms with van der Waals surface area (Å²) in [7, 11) is 0. The van der Waals surface area contributed by atoms with Gasteiger partial charge in [-0.15, -0.1) is 6.58 Å². The van der Waals surface area contributed by atoms with Gasteiger partial charge in [-0.1, -0.05) is 19.9 Å². The average molecular weight is 266 g/mol. The number of hydrogen-bond donors (Lipinski definition) is 2. The second kappa shape index (κ2) is 8.15. The van der Waals surface area contributed by atoms with E-state index in [2.05, 4.69) is 36.7 Å². The molecule has 0 amide bonds. The smallest absolute Gasteiger partial charge is 0.118 e. The molecule has 4 nitrogen and oxygen atoms in total. The first-order valence-electron chi connectivity index (χ1n) is 6.82. The van der Waals surface area contributed by atoms with Gasteiger partial charge in [0.25, 0.3) is 0 Å². The van der Waals surface area contributed by atoms with Crippen molar-refractivity contribution in [3.8, 4) is 0 Å². The van der Waals surface area contributed by atoms with E-state index >= 15 is 0 Å². The fourth-order valence-corrected chi connectivity index (χ4v) is 1.94. The Hall–Kier alpha value is -1.10. The molecule has 0 saturated heterocycles. The summed E-state index contributed by atoms with van der Waals surface area (Å²) in [6, 6.07) is 2.54. The van der Waals surface area contributed by atoms with Gasteiger partial charge in [-0.05, 0) is 13.0 Å². The first-order chi connectivity index (χ1) is 9.06. The van der Waals surface area contributed by atoms with Crippen molar-refractivity contribution in [2.24, 2.45) is 0 Å². The van der Waals surface area contributed by atoms with Crippen LogP contribution in [-0.4, -0.2) is 35.7 Å². The van der Waals surface area contributed by atoms with Crippen LogP contribution in [0.4, 0.5) is 0 Å². The lowest BCUT2D eigenvalue weighted by molar-refractivity contribution is 0.203. The minimum atomic E-state index is 0.159. The standard InChI is InChI=1S/C15H26N2O2/c1-5-6-17(7-8-18)11-14-9-15(19-13(14)4)10-16-12(2)3/h5,9,12,16,18H,1,6-8,10-11H2,2-4H3. The molecule has 4 heteroatoms. The number of furan rings is 1. The molecule has 0 aromatic carbocycles. The average Bonchev–Trinajstić information content (AvgIpc) is 2.68. The van der Waals surface area contributed by atoms with Crippen molar-refractivity contribution in [2.75, 3.05) is 19.7 Å². The zero-order valence-electron chi connectivity index (χ0n) is 12.3. The molecule has 1 rings (SSSR count). The van der Waals surface area contributed by atoms with E-state index in [1.165, 1.54) is 5.56 Å².